The summed E-state index contributed by atoms with van der Waals surface area (Å²) in [7, 11) is -1.54. The standard InChI is InChI=1S/C11H13NO5S.C5H10O2/c1-5(13)4-6-8(14)12-7(10(15)16)11(2,3)18(17)9(6)12;1-5(2,3)4(6)7/h4,7,9H,1-3H3,(H,15,16);1-3H3,(H,6,7)/t7-,9+,18?;/m0./s1. The van der Waals surface area contributed by atoms with Gasteiger partial charge in [0, 0.05) is 0 Å². The van der Waals surface area contributed by atoms with Gasteiger partial charge in [0.1, 0.15) is 11.4 Å². The highest BCUT2D eigenvalue weighted by molar-refractivity contribution is 7.87. The third-order valence-corrected chi connectivity index (χ3v) is 6.04. The molecule has 2 rings (SSSR count). The monoisotopic (exact) mass is 373 g/mol. The number of carbonyl (C=O) groups is 4. The second-order valence-electron chi connectivity index (χ2n) is 7.47. The number of aliphatic carboxylic acids is 2. The highest BCUT2D eigenvalue weighted by Crippen LogP contribution is 2.45. The first kappa shape index (κ1) is 21.0. The average molecular weight is 373 g/mol. The molecule has 25 heavy (non-hydrogen) atoms. The van der Waals surface area contributed by atoms with Crippen molar-refractivity contribution < 1.29 is 33.6 Å². The van der Waals surface area contributed by atoms with Gasteiger partial charge >= 0.3 is 11.9 Å². The van der Waals surface area contributed by atoms with Gasteiger partial charge in [0.15, 0.2) is 5.78 Å². The fraction of sp³-hybridized carbons (Fsp3) is 0.625. The van der Waals surface area contributed by atoms with Crippen LogP contribution in [0, 0.1) is 5.41 Å². The fourth-order valence-corrected chi connectivity index (χ4v) is 4.25. The number of carbonyl (C=O) groups excluding carboxylic acids is 2. The number of hydrogen-bond acceptors (Lipinski definition) is 5. The van der Waals surface area contributed by atoms with E-state index in [1.165, 1.54) is 6.92 Å². The molecule has 0 radical (unpaired) electrons. The Bertz CT molecular complexity index is 687. The van der Waals surface area contributed by atoms with Crippen molar-refractivity contribution in [3.63, 3.8) is 0 Å². The predicted molar refractivity (Wildman–Crippen MR) is 90.1 cm³/mol. The lowest BCUT2D eigenvalue weighted by atomic mass is 9.95. The topological polar surface area (TPSA) is 129 Å². The van der Waals surface area contributed by atoms with Gasteiger partial charge in [-0.2, -0.15) is 0 Å². The van der Waals surface area contributed by atoms with E-state index in [0.717, 1.165) is 11.0 Å². The summed E-state index contributed by atoms with van der Waals surface area (Å²) in [6, 6.07) is -1.11. The van der Waals surface area contributed by atoms with E-state index < -0.39 is 50.2 Å². The van der Waals surface area contributed by atoms with Crippen LogP contribution in [-0.2, 0) is 30.0 Å². The van der Waals surface area contributed by atoms with Crippen molar-refractivity contribution in [2.45, 2.75) is 57.7 Å². The summed E-state index contributed by atoms with van der Waals surface area (Å²) in [6.07, 6.45) is 1.14. The van der Waals surface area contributed by atoms with Crippen LogP contribution in [0.25, 0.3) is 0 Å². The van der Waals surface area contributed by atoms with Gasteiger partial charge in [-0.05, 0) is 47.6 Å². The van der Waals surface area contributed by atoms with Gasteiger partial charge in [0.05, 0.1) is 26.5 Å². The summed E-state index contributed by atoms with van der Waals surface area (Å²) in [5.41, 5.74) is -0.433. The van der Waals surface area contributed by atoms with Gasteiger partial charge < -0.3 is 15.1 Å². The molecule has 2 aliphatic heterocycles. The van der Waals surface area contributed by atoms with Crippen molar-refractivity contribution in [2.75, 3.05) is 0 Å². The van der Waals surface area contributed by atoms with Crippen LogP contribution in [-0.4, -0.2) is 59.1 Å². The van der Waals surface area contributed by atoms with E-state index in [9.17, 15) is 23.4 Å². The highest BCUT2D eigenvalue weighted by Gasteiger charge is 2.65. The zero-order valence-corrected chi connectivity index (χ0v) is 15.8. The molecule has 0 aromatic heterocycles. The molecule has 2 saturated heterocycles. The van der Waals surface area contributed by atoms with Gasteiger partial charge in [-0.1, -0.05) is 0 Å². The Labute approximate surface area is 148 Å². The van der Waals surface area contributed by atoms with E-state index in [1.807, 2.05) is 0 Å². The van der Waals surface area contributed by atoms with Crippen LogP contribution >= 0.6 is 0 Å². The van der Waals surface area contributed by atoms with Crippen molar-refractivity contribution in [3.05, 3.63) is 11.6 Å². The van der Waals surface area contributed by atoms with Crippen molar-refractivity contribution in [1.82, 2.24) is 4.90 Å². The van der Waals surface area contributed by atoms with Gasteiger partial charge in [-0.15, -0.1) is 0 Å². The zero-order valence-electron chi connectivity index (χ0n) is 15.0. The molecule has 2 N–H and O–H groups in total. The summed E-state index contributed by atoms with van der Waals surface area (Å²) < 4.78 is 11.2. The van der Waals surface area contributed by atoms with E-state index in [0.29, 0.717) is 0 Å². The third kappa shape index (κ3) is 3.81. The summed E-state index contributed by atoms with van der Waals surface area (Å²) in [4.78, 5) is 45.2. The molecule has 0 bridgehead atoms. The summed E-state index contributed by atoms with van der Waals surface area (Å²) in [5.74, 6) is -2.76. The van der Waals surface area contributed by atoms with Crippen molar-refractivity contribution in [2.24, 2.45) is 5.41 Å². The van der Waals surface area contributed by atoms with Crippen LogP contribution in [0.4, 0.5) is 0 Å². The predicted octanol–water partition coefficient (Wildman–Crippen LogP) is 0.781. The smallest absolute Gasteiger partial charge is 0.328 e. The first-order chi connectivity index (χ1) is 11.1. The number of carboxylic acid groups (broad SMARTS) is 2. The van der Waals surface area contributed by atoms with Gasteiger partial charge in [-0.3, -0.25) is 18.6 Å². The minimum absolute atomic E-state index is 0.151. The van der Waals surface area contributed by atoms with Crippen LogP contribution in [0.15, 0.2) is 11.6 Å². The molecular weight excluding hydrogens is 350 g/mol. The quantitative estimate of drug-likeness (QED) is 0.540. The maximum Gasteiger partial charge on any atom is 0.328 e. The minimum atomic E-state index is -1.54. The summed E-state index contributed by atoms with van der Waals surface area (Å²) in [6.45, 7) is 9.39. The summed E-state index contributed by atoms with van der Waals surface area (Å²) in [5, 5.41) is 16.6. The third-order valence-electron chi connectivity index (χ3n) is 3.89. The number of carboxylic acids is 2. The molecule has 0 aliphatic carbocycles. The Morgan fingerprint density at radius 3 is 1.96 bits per heavy atom. The van der Waals surface area contributed by atoms with E-state index in [2.05, 4.69) is 0 Å². The molecule has 0 aromatic rings. The van der Waals surface area contributed by atoms with Crippen LogP contribution in [0.3, 0.4) is 0 Å². The number of rotatable bonds is 2. The van der Waals surface area contributed by atoms with Crippen LogP contribution in [0.5, 0.6) is 0 Å². The first-order valence-corrected chi connectivity index (χ1v) is 8.77. The molecule has 2 fully saturated rings. The lowest BCUT2D eigenvalue weighted by Gasteiger charge is -2.38. The van der Waals surface area contributed by atoms with Crippen molar-refractivity contribution in [1.29, 1.82) is 0 Å². The van der Waals surface area contributed by atoms with Crippen molar-refractivity contribution in [3.8, 4) is 0 Å². The molecule has 9 heteroatoms. The van der Waals surface area contributed by atoms with Gasteiger partial charge in [-0.25, -0.2) is 4.79 Å². The summed E-state index contributed by atoms with van der Waals surface area (Å²) >= 11 is 0. The largest absolute Gasteiger partial charge is 0.481 e. The van der Waals surface area contributed by atoms with Crippen LogP contribution in [0.1, 0.15) is 41.5 Å². The van der Waals surface area contributed by atoms with Crippen LogP contribution < -0.4 is 0 Å². The molecule has 2 heterocycles. The lowest BCUT2D eigenvalue weighted by Crippen LogP contribution is -2.58. The number of fused-ring (bicyclic) bond motifs is 1. The minimum Gasteiger partial charge on any atom is -0.481 e. The Balaban J connectivity index is 0.000000381. The number of hydrogen-bond donors (Lipinski definition) is 2. The first-order valence-electron chi connectivity index (χ1n) is 7.55. The number of amides is 1. The number of nitrogens with zero attached hydrogens (tertiary/aromatic N) is 1. The Kier molecular flexibility index (Phi) is 5.63. The molecule has 0 saturated carbocycles. The van der Waals surface area contributed by atoms with Crippen LogP contribution in [0.2, 0.25) is 0 Å². The van der Waals surface area contributed by atoms with Crippen molar-refractivity contribution >= 4 is 34.4 Å². The molecule has 140 valence electrons. The molecular formula is C16H23NO7S. The Morgan fingerprint density at radius 1 is 1.20 bits per heavy atom. The molecule has 0 aromatic carbocycles. The average Bonchev–Trinajstić information content (AvgIpc) is 2.61. The highest BCUT2D eigenvalue weighted by atomic mass is 32.2. The molecule has 3 atom stereocenters. The number of allylic oxidation sites excluding steroid dienone is 1. The molecule has 2 aliphatic rings. The Morgan fingerprint density at radius 2 is 1.64 bits per heavy atom. The maximum absolute atomic E-state index is 12.2. The van der Waals surface area contributed by atoms with Gasteiger partial charge in [0.25, 0.3) is 5.91 Å². The molecule has 8 nitrogen and oxygen atoms in total. The maximum atomic E-state index is 12.2. The molecule has 1 unspecified atom stereocenters. The Hall–Kier alpha value is -2.03. The number of ketones is 1. The lowest BCUT2D eigenvalue weighted by molar-refractivity contribution is -0.152. The molecule has 1 amide bonds. The van der Waals surface area contributed by atoms with E-state index in [1.54, 1.807) is 34.6 Å². The normalized spacial score (nSPS) is 28.6. The second-order valence-corrected chi connectivity index (χ2v) is 9.57. The van der Waals surface area contributed by atoms with E-state index in [4.69, 9.17) is 10.2 Å². The van der Waals surface area contributed by atoms with E-state index >= 15 is 0 Å². The number of β-lactam (4-membered cyclic amide) rings is 1. The zero-order chi connectivity index (χ0) is 19.9. The fourth-order valence-electron chi connectivity index (χ4n) is 2.42. The van der Waals surface area contributed by atoms with E-state index in [-0.39, 0.29) is 11.4 Å². The SMILES string of the molecule is CC(=O)C=C1C(=O)N2[C@@H]1S(=O)C(C)(C)[C@@H]2C(=O)O.CC(C)(C)C(=O)O. The molecule has 0 spiro atoms. The van der Waals surface area contributed by atoms with Gasteiger partial charge in [0.2, 0.25) is 0 Å². The second kappa shape index (κ2) is 6.70.